The van der Waals surface area contributed by atoms with Gasteiger partial charge in [-0.1, -0.05) is 11.6 Å². The highest BCUT2D eigenvalue weighted by atomic mass is 35.5. The Balaban J connectivity index is 1.69. The van der Waals surface area contributed by atoms with Gasteiger partial charge in [0.1, 0.15) is 0 Å². The molecule has 126 valence electrons. The molecule has 1 aliphatic rings. The fourth-order valence-electron chi connectivity index (χ4n) is 2.78. The average molecular weight is 348 g/mol. The molecule has 0 bridgehead atoms. The van der Waals surface area contributed by atoms with Gasteiger partial charge in [-0.2, -0.15) is 0 Å². The Morgan fingerprint density at radius 1 is 1.17 bits per heavy atom. The molecule has 7 heteroatoms. The van der Waals surface area contributed by atoms with Crippen LogP contribution in [0, 0.1) is 10.1 Å². The number of rotatable bonds is 4. The second-order valence-electron chi connectivity index (χ2n) is 6.04. The van der Waals surface area contributed by atoms with Crippen LogP contribution in [0.4, 0.5) is 22.7 Å². The third-order valence-electron chi connectivity index (χ3n) is 4.29. The van der Waals surface area contributed by atoms with Crippen molar-refractivity contribution in [3.63, 3.8) is 0 Å². The van der Waals surface area contributed by atoms with Crippen LogP contribution in [0.1, 0.15) is 0 Å². The van der Waals surface area contributed by atoms with Crippen LogP contribution in [0.15, 0.2) is 42.5 Å². The van der Waals surface area contributed by atoms with Crippen molar-refractivity contribution in [2.24, 2.45) is 0 Å². The maximum Gasteiger partial charge on any atom is 0.271 e. The van der Waals surface area contributed by atoms with E-state index in [9.17, 15) is 10.1 Å². The van der Waals surface area contributed by atoms with Gasteiger partial charge in [-0.15, -0.1) is 0 Å². The molecule has 1 fully saturated rings. The second-order valence-corrected chi connectivity index (χ2v) is 6.44. The van der Waals surface area contributed by atoms with Gasteiger partial charge in [0.05, 0.1) is 48.9 Å². The van der Waals surface area contributed by atoms with Gasteiger partial charge < -0.3 is 15.1 Å². The monoisotopic (exact) mass is 347 g/mol. The van der Waals surface area contributed by atoms with Crippen molar-refractivity contribution in [1.82, 2.24) is 0 Å². The van der Waals surface area contributed by atoms with Crippen LogP contribution in [-0.4, -0.2) is 38.2 Å². The Morgan fingerprint density at radius 2 is 1.83 bits per heavy atom. The number of non-ortho nitro benzene ring substituents is 1. The fourth-order valence-corrected chi connectivity index (χ4v) is 3.00. The molecule has 0 saturated carbocycles. The summed E-state index contributed by atoms with van der Waals surface area (Å²) in [6, 6.07) is 12.6. The number of anilines is 3. The first kappa shape index (κ1) is 16.5. The predicted octanol–water partition coefficient (Wildman–Crippen LogP) is 2.33. The topological polar surface area (TPSA) is 62.8 Å². The highest BCUT2D eigenvalue weighted by molar-refractivity contribution is 6.33. The van der Waals surface area contributed by atoms with Crippen molar-refractivity contribution < 1.29 is 9.82 Å². The van der Waals surface area contributed by atoms with Crippen molar-refractivity contribution in [3.05, 3.63) is 57.6 Å². The number of piperazine rings is 1. The SMILES string of the molecule is C[NH+]1CCN(c2ccc(Nc3ccc([N+](=O)[O-])cc3Cl)cc2)CC1. The molecule has 0 aromatic heterocycles. The molecule has 2 aromatic rings. The van der Waals surface area contributed by atoms with E-state index in [0.29, 0.717) is 10.7 Å². The number of halogens is 1. The van der Waals surface area contributed by atoms with E-state index in [-0.39, 0.29) is 5.69 Å². The van der Waals surface area contributed by atoms with Gasteiger partial charge >= 0.3 is 0 Å². The number of nitro benzene ring substituents is 1. The normalized spacial score (nSPS) is 15.3. The third-order valence-corrected chi connectivity index (χ3v) is 4.60. The second kappa shape index (κ2) is 7.07. The van der Waals surface area contributed by atoms with E-state index in [4.69, 9.17) is 11.6 Å². The molecule has 6 nitrogen and oxygen atoms in total. The van der Waals surface area contributed by atoms with E-state index in [0.717, 1.165) is 31.9 Å². The summed E-state index contributed by atoms with van der Waals surface area (Å²) in [5, 5.41) is 14.3. The maximum atomic E-state index is 10.8. The molecule has 0 unspecified atom stereocenters. The lowest BCUT2D eigenvalue weighted by molar-refractivity contribution is -0.880. The van der Waals surface area contributed by atoms with Crippen LogP contribution in [0.25, 0.3) is 0 Å². The number of benzene rings is 2. The Kier molecular flexibility index (Phi) is 4.87. The van der Waals surface area contributed by atoms with Crippen LogP contribution >= 0.6 is 11.6 Å². The smallest absolute Gasteiger partial charge is 0.271 e. The Hall–Kier alpha value is -2.31. The summed E-state index contributed by atoms with van der Waals surface area (Å²) in [6.45, 7) is 4.43. The molecule has 1 heterocycles. The fraction of sp³-hybridized carbons (Fsp3) is 0.294. The number of nitro groups is 1. The van der Waals surface area contributed by atoms with E-state index >= 15 is 0 Å². The molecule has 1 saturated heterocycles. The largest absolute Gasteiger partial charge is 0.360 e. The van der Waals surface area contributed by atoms with Crippen molar-refractivity contribution in [2.45, 2.75) is 0 Å². The minimum Gasteiger partial charge on any atom is -0.360 e. The van der Waals surface area contributed by atoms with Crippen molar-refractivity contribution in [2.75, 3.05) is 43.4 Å². The third kappa shape index (κ3) is 3.77. The van der Waals surface area contributed by atoms with E-state index < -0.39 is 4.92 Å². The summed E-state index contributed by atoms with van der Waals surface area (Å²) in [5.74, 6) is 0. The van der Waals surface area contributed by atoms with Crippen LogP contribution in [0.5, 0.6) is 0 Å². The Bertz CT molecular complexity index is 728. The van der Waals surface area contributed by atoms with Crippen molar-refractivity contribution in [3.8, 4) is 0 Å². The Morgan fingerprint density at radius 3 is 2.42 bits per heavy atom. The van der Waals surface area contributed by atoms with Crippen LogP contribution < -0.4 is 15.1 Å². The number of likely N-dealkylation sites (N-methyl/N-ethyl adjacent to an activating group) is 1. The molecule has 2 aromatic carbocycles. The predicted molar refractivity (Wildman–Crippen MR) is 96.7 cm³/mol. The molecular weight excluding hydrogens is 328 g/mol. The quantitative estimate of drug-likeness (QED) is 0.658. The lowest BCUT2D eigenvalue weighted by atomic mass is 10.2. The summed E-state index contributed by atoms with van der Waals surface area (Å²) in [6.07, 6.45) is 0. The van der Waals surface area contributed by atoms with E-state index in [1.165, 1.54) is 17.8 Å². The first-order valence-electron chi connectivity index (χ1n) is 7.90. The van der Waals surface area contributed by atoms with Gasteiger partial charge in [0, 0.05) is 23.5 Å². The summed E-state index contributed by atoms with van der Waals surface area (Å²) in [4.78, 5) is 14.2. The molecule has 1 aliphatic heterocycles. The number of hydrogen-bond donors (Lipinski definition) is 2. The zero-order valence-electron chi connectivity index (χ0n) is 13.5. The minimum atomic E-state index is -0.456. The highest BCUT2D eigenvalue weighted by Gasteiger charge is 2.16. The number of nitrogens with one attached hydrogen (secondary N) is 2. The van der Waals surface area contributed by atoms with Crippen molar-refractivity contribution in [1.29, 1.82) is 0 Å². The molecule has 24 heavy (non-hydrogen) atoms. The molecular formula is C17H20ClN4O2+. The maximum absolute atomic E-state index is 10.8. The van der Waals surface area contributed by atoms with E-state index in [1.807, 2.05) is 12.1 Å². The standard InChI is InChI=1S/C17H19ClN4O2/c1-20-8-10-21(11-9-20)14-4-2-13(3-5-14)19-17-7-6-15(22(23)24)12-16(17)18/h2-7,12,19H,8-11H2,1H3/p+1. The number of hydrogen-bond acceptors (Lipinski definition) is 4. The van der Waals surface area contributed by atoms with Gasteiger partial charge in [0.2, 0.25) is 0 Å². The summed E-state index contributed by atoms with van der Waals surface area (Å²) in [7, 11) is 2.22. The van der Waals surface area contributed by atoms with Gasteiger partial charge in [-0.25, -0.2) is 0 Å². The van der Waals surface area contributed by atoms with E-state index in [1.54, 1.807) is 11.0 Å². The van der Waals surface area contributed by atoms with Crippen molar-refractivity contribution >= 4 is 34.4 Å². The molecule has 3 rings (SSSR count). The van der Waals surface area contributed by atoms with Crippen LogP contribution in [0.3, 0.4) is 0 Å². The first-order valence-corrected chi connectivity index (χ1v) is 8.28. The molecule has 0 atom stereocenters. The molecule has 0 amide bonds. The van der Waals surface area contributed by atoms with E-state index in [2.05, 4.69) is 29.4 Å². The zero-order chi connectivity index (χ0) is 17.1. The zero-order valence-corrected chi connectivity index (χ0v) is 14.2. The first-order chi connectivity index (χ1) is 11.5. The van der Waals surface area contributed by atoms with Gasteiger partial charge in [0.15, 0.2) is 0 Å². The molecule has 2 N–H and O–H groups in total. The summed E-state index contributed by atoms with van der Waals surface area (Å²) in [5.41, 5.74) is 2.74. The van der Waals surface area contributed by atoms with Crippen LogP contribution in [0.2, 0.25) is 5.02 Å². The molecule has 0 spiro atoms. The lowest BCUT2D eigenvalue weighted by Gasteiger charge is -2.31. The van der Waals surface area contributed by atoms with Gasteiger partial charge in [-0.3, -0.25) is 10.1 Å². The molecule has 0 radical (unpaired) electrons. The summed E-state index contributed by atoms with van der Waals surface area (Å²) >= 11 is 6.11. The number of nitrogens with zero attached hydrogens (tertiary/aromatic N) is 2. The lowest BCUT2D eigenvalue weighted by Crippen LogP contribution is -3.12. The molecule has 0 aliphatic carbocycles. The van der Waals surface area contributed by atoms with Gasteiger partial charge in [-0.05, 0) is 30.3 Å². The van der Waals surface area contributed by atoms with Crippen LogP contribution in [-0.2, 0) is 0 Å². The minimum absolute atomic E-state index is 0.0157. The number of quaternary nitrogens is 1. The summed E-state index contributed by atoms with van der Waals surface area (Å²) < 4.78 is 0. The highest BCUT2D eigenvalue weighted by Crippen LogP contribution is 2.29. The average Bonchev–Trinajstić information content (AvgIpc) is 2.58. The van der Waals surface area contributed by atoms with Gasteiger partial charge in [0.25, 0.3) is 5.69 Å². The Labute approximate surface area is 145 Å².